The van der Waals surface area contributed by atoms with Crippen molar-refractivity contribution in [1.29, 1.82) is 0 Å². The lowest BCUT2D eigenvalue weighted by molar-refractivity contribution is 0.489. The van der Waals surface area contributed by atoms with Gasteiger partial charge in [0.25, 0.3) is 0 Å². The zero-order chi connectivity index (χ0) is 16.0. The van der Waals surface area contributed by atoms with E-state index in [0.29, 0.717) is 5.41 Å². The highest BCUT2D eigenvalue weighted by atomic mass is 127. The number of nitrogens with one attached hydrogen (secondary N) is 2. The number of nitrogens with zero attached hydrogens (tertiary/aromatic N) is 1. The van der Waals surface area contributed by atoms with Crippen LogP contribution in [0.25, 0.3) is 0 Å². The molecule has 1 aromatic carbocycles. The Morgan fingerprint density at radius 2 is 1.92 bits per heavy atom. The van der Waals surface area contributed by atoms with Crippen LogP contribution in [-0.4, -0.2) is 26.1 Å². The summed E-state index contributed by atoms with van der Waals surface area (Å²) in [6.45, 7) is 1.79. The average molecular weight is 439 g/mol. The molecule has 3 rings (SSSR count). The molecule has 2 N–H and O–H groups in total. The van der Waals surface area contributed by atoms with E-state index in [1.54, 1.807) is 6.26 Å². The smallest absolute Gasteiger partial charge is 0.191 e. The van der Waals surface area contributed by atoms with Crippen molar-refractivity contribution in [2.24, 2.45) is 10.4 Å². The zero-order valence-electron chi connectivity index (χ0n) is 14.1. The van der Waals surface area contributed by atoms with E-state index in [2.05, 4.69) is 46.0 Å². The Balaban J connectivity index is 0.00000208. The van der Waals surface area contributed by atoms with Gasteiger partial charge in [-0.05, 0) is 42.4 Å². The van der Waals surface area contributed by atoms with Crippen molar-refractivity contribution < 1.29 is 4.42 Å². The number of rotatable bonds is 7. The van der Waals surface area contributed by atoms with E-state index in [0.717, 1.165) is 37.7 Å². The third-order valence-electron chi connectivity index (χ3n) is 4.48. The monoisotopic (exact) mass is 439 g/mol. The van der Waals surface area contributed by atoms with Crippen LogP contribution in [-0.2, 0) is 12.8 Å². The number of aliphatic imine (C=N–C) groups is 1. The quantitative estimate of drug-likeness (QED) is 0.394. The van der Waals surface area contributed by atoms with E-state index >= 15 is 0 Å². The third kappa shape index (κ3) is 5.54. The summed E-state index contributed by atoms with van der Waals surface area (Å²) in [4.78, 5) is 4.31. The molecule has 1 aliphatic carbocycles. The van der Waals surface area contributed by atoms with Gasteiger partial charge in [-0.25, -0.2) is 0 Å². The van der Waals surface area contributed by atoms with Gasteiger partial charge < -0.3 is 15.1 Å². The van der Waals surface area contributed by atoms with E-state index in [4.69, 9.17) is 4.42 Å². The van der Waals surface area contributed by atoms with Crippen LogP contribution in [0.4, 0.5) is 0 Å². The fourth-order valence-corrected chi connectivity index (χ4v) is 2.87. The van der Waals surface area contributed by atoms with Crippen LogP contribution in [0.1, 0.15) is 24.2 Å². The Morgan fingerprint density at radius 3 is 2.54 bits per heavy atom. The maximum atomic E-state index is 5.34. The number of furan rings is 1. The molecule has 5 heteroatoms. The van der Waals surface area contributed by atoms with E-state index in [1.165, 1.54) is 18.4 Å². The second-order valence-electron chi connectivity index (χ2n) is 6.34. The van der Waals surface area contributed by atoms with Crippen molar-refractivity contribution in [3.05, 3.63) is 60.1 Å². The summed E-state index contributed by atoms with van der Waals surface area (Å²) in [6.07, 6.45) is 6.30. The Hall–Kier alpha value is -1.50. The van der Waals surface area contributed by atoms with E-state index in [9.17, 15) is 0 Å². The molecule has 0 bridgehead atoms. The van der Waals surface area contributed by atoms with Gasteiger partial charge in [-0.2, -0.15) is 0 Å². The summed E-state index contributed by atoms with van der Waals surface area (Å²) >= 11 is 0. The van der Waals surface area contributed by atoms with Crippen LogP contribution in [0.3, 0.4) is 0 Å². The van der Waals surface area contributed by atoms with Crippen molar-refractivity contribution >= 4 is 29.9 Å². The number of hydrogen-bond acceptors (Lipinski definition) is 2. The summed E-state index contributed by atoms with van der Waals surface area (Å²) in [5.41, 5.74) is 1.83. The number of halogens is 1. The molecule has 0 amide bonds. The van der Waals surface area contributed by atoms with Crippen molar-refractivity contribution in [2.75, 3.05) is 20.1 Å². The molecular formula is C19H26IN3O. The number of guanidine groups is 1. The molecule has 0 atom stereocenters. The highest BCUT2D eigenvalue weighted by molar-refractivity contribution is 14.0. The lowest BCUT2D eigenvalue weighted by Gasteiger charge is -2.18. The maximum absolute atomic E-state index is 5.34. The summed E-state index contributed by atoms with van der Waals surface area (Å²) in [5.74, 6) is 1.87. The largest absolute Gasteiger partial charge is 0.469 e. The summed E-state index contributed by atoms with van der Waals surface area (Å²) in [6, 6.07) is 14.7. The van der Waals surface area contributed by atoms with Gasteiger partial charge in [0.05, 0.1) is 6.26 Å². The molecule has 1 saturated carbocycles. The summed E-state index contributed by atoms with van der Waals surface area (Å²) in [7, 11) is 1.82. The molecule has 0 aliphatic heterocycles. The predicted molar refractivity (Wildman–Crippen MR) is 109 cm³/mol. The lowest BCUT2D eigenvalue weighted by atomic mass is 9.96. The Kier molecular flexibility index (Phi) is 7.15. The molecule has 1 aliphatic rings. The molecule has 0 unspecified atom stereocenters. The molecule has 0 spiro atoms. The zero-order valence-corrected chi connectivity index (χ0v) is 16.5. The summed E-state index contributed by atoms with van der Waals surface area (Å²) in [5, 5.41) is 6.83. The normalized spacial score (nSPS) is 15.5. The van der Waals surface area contributed by atoms with Crippen molar-refractivity contribution in [3.8, 4) is 0 Å². The molecule has 1 fully saturated rings. The van der Waals surface area contributed by atoms with Crippen LogP contribution in [0.2, 0.25) is 0 Å². The van der Waals surface area contributed by atoms with Crippen LogP contribution < -0.4 is 10.6 Å². The molecule has 0 saturated heterocycles. The van der Waals surface area contributed by atoms with Gasteiger partial charge in [0, 0.05) is 26.6 Å². The standard InChI is InChI=1S/C19H25N3O.HI/c1-20-18(21-12-9-17-8-5-13-23-17)22-15-19(10-11-19)14-16-6-3-2-4-7-16;/h2-8,13H,9-12,14-15H2,1H3,(H2,20,21,22);1H. The van der Waals surface area contributed by atoms with Gasteiger partial charge in [0.1, 0.15) is 5.76 Å². The first-order valence-corrected chi connectivity index (χ1v) is 8.31. The SMILES string of the molecule is CN=C(NCCc1ccco1)NCC1(Cc2ccccc2)CC1.I. The topological polar surface area (TPSA) is 49.6 Å². The minimum Gasteiger partial charge on any atom is -0.469 e. The maximum Gasteiger partial charge on any atom is 0.191 e. The van der Waals surface area contributed by atoms with Crippen molar-refractivity contribution in [2.45, 2.75) is 25.7 Å². The van der Waals surface area contributed by atoms with Gasteiger partial charge in [0.15, 0.2) is 5.96 Å². The molecular weight excluding hydrogens is 413 g/mol. The highest BCUT2D eigenvalue weighted by Gasteiger charge is 2.42. The van der Waals surface area contributed by atoms with Crippen molar-refractivity contribution in [3.63, 3.8) is 0 Å². The fourth-order valence-electron chi connectivity index (χ4n) is 2.87. The molecule has 0 radical (unpaired) electrons. The van der Waals surface area contributed by atoms with E-state index in [-0.39, 0.29) is 24.0 Å². The van der Waals surface area contributed by atoms with Crippen LogP contribution >= 0.6 is 24.0 Å². The van der Waals surface area contributed by atoms with Gasteiger partial charge >= 0.3 is 0 Å². The van der Waals surface area contributed by atoms with Gasteiger partial charge in [-0.3, -0.25) is 4.99 Å². The van der Waals surface area contributed by atoms with Gasteiger partial charge in [-0.1, -0.05) is 30.3 Å². The van der Waals surface area contributed by atoms with Crippen molar-refractivity contribution in [1.82, 2.24) is 10.6 Å². The summed E-state index contributed by atoms with van der Waals surface area (Å²) < 4.78 is 5.34. The predicted octanol–water partition coefficient (Wildman–Crippen LogP) is 3.63. The second kappa shape index (κ2) is 9.11. The minimum absolute atomic E-state index is 0. The Morgan fingerprint density at radius 1 is 1.12 bits per heavy atom. The Labute approximate surface area is 161 Å². The molecule has 2 aromatic rings. The fraction of sp³-hybridized carbons (Fsp3) is 0.421. The minimum atomic E-state index is 0. The highest BCUT2D eigenvalue weighted by Crippen LogP contribution is 2.47. The third-order valence-corrected chi connectivity index (χ3v) is 4.48. The van der Waals surface area contributed by atoms with Gasteiger partial charge in [-0.15, -0.1) is 24.0 Å². The van der Waals surface area contributed by atoms with Gasteiger partial charge in [0.2, 0.25) is 0 Å². The molecule has 130 valence electrons. The number of hydrogen-bond donors (Lipinski definition) is 2. The Bertz CT molecular complexity index is 621. The van der Waals surface area contributed by atoms with Crippen LogP contribution in [0.15, 0.2) is 58.1 Å². The molecule has 1 aromatic heterocycles. The van der Waals surface area contributed by atoms with Crippen LogP contribution in [0.5, 0.6) is 0 Å². The molecule has 4 nitrogen and oxygen atoms in total. The number of benzene rings is 1. The molecule has 24 heavy (non-hydrogen) atoms. The first-order chi connectivity index (χ1) is 11.3. The second-order valence-corrected chi connectivity index (χ2v) is 6.34. The lowest BCUT2D eigenvalue weighted by Crippen LogP contribution is -2.41. The van der Waals surface area contributed by atoms with E-state index in [1.807, 2.05) is 19.2 Å². The first-order valence-electron chi connectivity index (χ1n) is 8.31. The first kappa shape index (κ1) is 18.8. The van der Waals surface area contributed by atoms with Crippen LogP contribution in [0, 0.1) is 5.41 Å². The molecule has 1 heterocycles. The van der Waals surface area contributed by atoms with E-state index < -0.39 is 0 Å². The average Bonchev–Trinajstić information content (AvgIpc) is 3.14.